The van der Waals surface area contributed by atoms with Crippen molar-refractivity contribution in [2.75, 3.05) is 51.6 Å². The van der Waals surface area contributed by atoms with E-state index in [1.54, 1.807) is 121 Å². The average molecular weight is 1340 g/mol. The topological polar surface area (TPSA) is 347 Å². The van der Waals surface area contributed by atoms with E-state index >= 15 is 0 Å². The third kappa shape index (κ3) is 21.4. The smallest absolute Gasteiger partial charge is 0.410 e. The third-order valence-electron chi connectivity index (χ3n) is 17.9. The highest BCUT2D eigenvalue weighted by Gasteiger charge is 2.44. The maximum Gasteiger partial charge on any atom is 0.410 e. The van der Waals surface area contributed by atoms with Gasteiger partial charge in [-0.2, -0.15) is 0 Å². The average Bonchev–Trinajstić information content (AvgIpc) is 1.52. The van der Waals surface area contributed by atoms with Crippen molar-refractivity contribution in [3.05, 3.63) is 108 Å². The number of likely N-dealkylation sites (tertiary alicyclic amines) is 1. The van der Waals surface area contributed by atoms with Crippen molar-refractivity contribution in [2.24, 2.45) is 35.3 Å². The number of amides is 12. The van der Waals surface area contributed by atoms with Crippen molar-refractivity contribution in [1.29, 1.82) is 0 Å². The SMILES string of the molecule is CC[C@H](C)C([C@@H](CC(=O)N1CCC[C@H]1[C@H](OC)[C@@H](C)C(=O)N[C@H](C)[C@@H](O)c1ccccc1)OC)N(C)C(=O)[C@@H](NC(=O)[C@H](C(C)C)N(C)C(=O)OCc1ccc(NC(=O)[C@H](CCCNC(N)=O)NC(=O)C(NC(=O)Cc2ccc(N3C(=O)C=CC3=O)cc2)C(C)C)cc1)C(C)C. The third-order valence-corrected chi connectivity index (χ3v) is 17.9. The summed E-state index contributed by atoms with van der Waals surface area (Å²) in [6.45, 7) is 18.3. The Kier molecular flexibility index (Phi) is 30.0. The molecule has 12 atom stereocenters. The zero-order chi connectivity index (χ0) is 71.2. The van der Waals surface area contributed by atoms with Gasteiger partial charge in [-0.15, -0.1) is 0 Å². The molecule has 0 aliphatic carbocycles. The lowest BCUT2D eigenvalue weighted by molar-refractivity contribution is -0.148. The van der Waals surface area contributed by atoms with E-state index in [-0.39, 0.29) is 56.6 Å². The van der Waals surface area contributed by atoms with Crippen LogP contribution in [0.5, 0.6) is 0 Å². The lowest BCUT2D eigenvalue weighted by Gasteiger charge is -2.41. The fourth-order valence-electron chi connectivity index (χ4n) is 12.3. The van der Waals surface area contributed by atoms with Crippen LogP contribution in [-0.2, 0) is 70.4 Å². The zero-order valence-corrected chi connectivity index (χ0v) is 57.9. The number of likely N-dealkylation sites (N-methyl/N-ethyl adjacent to an activating group) is 2. The lowest BCUT2D eigenvalue weighted by Crippen LogP contribution is -2.60. The number of ether oxygens (including phenoxy) is 3. The van der Waals surface area contributed by atoms with Crippen molar-refractivity contribution in [3.63, 3.8) is 0 Å². The fourth-order valence-corrected chi connectivity index (χ4v) is 12.3. The molecule has 2 heterocycles. The quantitative estimate of drug-likeness (QED) is 0.0275. The van der Waals surface area contributed by atoms with Gasteiger partial charge >= 0.3 is 12.1 Å². The molecule has 5 rings (SSSR count). The summed E-state index contributed by atoms with van der Waals surface area (Å²) in [5.74, 6) is -6.48. The number of aliphatic hydroxyl groups excluding tert-OH is 1. The maximum absolute atomic E-state index is 14.8. The summed E-state index contributed by atoms with van der Waals surface area (Å²) in [5, 5.41) is 27.6. The first-order valence-electron chi connectivity index (χ1n) is 33.0. The first kappa shape index (κ1) is 78.0. The zero-order valence-electron chi connectivity index (χ0n) is 57.9. The lowest BCUT2D eigenvalue weighted by atomic mass is 9.89. The fraction of sp³-hybridized carbons (Fsp3) is 0.557. The summed E-state index contributed by atoms with van der Waals surface area (Å²) in [6, 6.07) is 14.8. The number of hydrogen-bond donors (Lipinski definition) is 8. The Hall–Kier alpha value is -8.75. The highest BCUT2D eigenvalue weighted by atomic mass is 16.6. The van der Waals surface area contributed by atoms with Gasteiger partial charge in [0.25, 0.3) is 11.8 Å². The van der Waals surface area contributed by atoms with Gasteiger partial charge in [0.05, 0.1) is 60.9 Å². The molecule has 2 aliphatic heterocycles. The molecule has 12 amide bonds. The summed E-state index contributed by atoms with van der Waals surface area (Å²) in [6.07, 6.45) is 1.06. The van der Waals surface area contributed by atoms with E-state index in [2.05, 4.69) is 31.9 Å². The van der Waals surface area contributed by atoms with E-state index in [1.807, 2.05) is 32.0 Å². The van der Waals surface area contributed by atoms with E-state index < -0.39 is 138 Å². The number of nitrogens with two attached hydrogens (primary N) is 1. The Bertz CT molecular complexity index is 3170. The summed E-state index contributed by atoms with van der Waals surface area (Å²) in [5.41, 5.74) is 7.64. The van der Waals surface area contributed by atoms with Crippen molar-refractivity contribution < 1.29 is 72.1 Å². The Morgan fingerprint density at radius 2 is 1.31 bits per heavy atom. The van der Waals surface area contributed by atoms with Crippen LogP contribution in [0.15, 0.2) is 91.0 Å². The molecule has 3 aromatic rings. The highest BCUT2D eigenvalue weighted by molar-refractivity contribution is 6.28. The molecule has 3 aromatic carbocycles. The molecule has 2 aliphatic rings. The van der Waals surface area contributed by atoms with Gasteiger partial charge in [-0.1, -0.05) is 123 Å². The van der Waals surface area contributed by atoms with E-state index in [0.717, 1.165) is 4.90 Å². The van der Waals surface area contributed by atoms with Gasteiger partial charge < -0.3 is 66.8 Å². The van der Waals surface area contributed by atoms with Gasteiger partial charge in [-0.3, -0.25) is 48.1 Å². The second-order valence-corrected chi connectivity index (χ2v) is 26.0. The van der Waals surface area contributed by atoms with Crippen LogP contribution in [0, 0.1) is 29.6 Å². The molecule has 0 bridgehead atoms. The van der Waals surface area contributed by atoms with Crippen molar-refractivity contribution in [3.8, 4) is 0 Å². The number of methoxy groups -OCH3 is 2. The number of rotatable bonds is 35. The minimum atomic E-state index is -1.14. The summed E-state index contributed by atoms with van der Waals surface area (Å²) >= 11 is 0. The van der Waals surface area contributed by atoms with Gasteiger partial charge in [0, 0.05) is 59.2 Å². The minimum Gasteiger partial charge on any atom is -0.445 e. The molecule has 1 fully saturated rings. The number of hydrogen-bond acceptors (Lipinski definition) is 15. The highest BCUT2D eigenvalue weighted by Crippen LogP contribution is 2.31. The van der Waals surface area contributed by atoms with Gasteiger partial charge in [0.1, 0.15) is 30.8 Å². The van der Waals surface area contributed by atoms with Gasteiger partial charge in [-0.25, -0.2) is 14.5 Å². The second-order valence-electron chi connectivity index (χ2n) is 26.0. The standard InChI is InChI=1S/C70H101N11O15/c1-15-43(8)61(53(94-13)38-57(85)80-36-20-24-52(80)63(95-14)44(9)64(87)73-45(10)62(86)48-21-17-16-18-22-48)78(11)68(91)59(41(4)5)77-67(90)60(42(6)7)79(12)70(93)96-39-47-25-29-49(30-26-47)74-65(88)51(23-19-35-72-69(71)92)75-66(89)58(40(2)3)76-54(82)37-46-27-31-50(32-28-46)81-55(83)33-34-56(81)84/h16-18,21-22,25-34,40-45,51-53,58-63,86H,15,19-20,23-24,35-39H2,1-14H3,(H,73,87)(H,74,88)(H,75,89)(H,76,82)(H,77,90)(H3,71,72,92)/t43-,44+,45+,51-,52-,53+,58?,59-,60-,61?,62+,63+/m0/s1. The number of anilines is 2. The number of nitrogens with zero attached hydrogens (tertiary/aromatic N) is 4. The Morgan fingerprint density at radius 1 is 0.698 bits per heavy atom. The van der Waals surface area contributed by atoms with Crippen molar-refractivity contribution in [1.82, 2.24) is 41.3 Å². The van der Waals surface area contributed by atoms with Gasteiger partial charge in [-0.05, 0) is 97.2 Å². The van der Waals surface area contributed by atoms with Crippen LogP contribution in [0.1, 0.15) is 131 Å². The molecule has 9 N–H and O–H groups in total. The molecule has 0 saturated carbocycles. The first-order chi connectivity index (χ1) is 45.4. The van der Waals surface area contributed by atoms with Gasteiger partial charge in [0.2, 0.25) is 41.4 Å². The Morgan fingerprint density at radius 3 is 1.88 bits per heavy atom. The van der Waals surface area contributed by atoms with Crippen molar-refractivity contribution >= 4 is 76.7 Å². The molecular weight excluding hydrogens is 1230 g/mol. The molecule has 96 heavy (non-hydrogen) atoms. The minimum absolute atomic E-state index is 0.0626. The molecule has 0 radical (unpaired) electrons. The summed E-state index contributed by atoms with van der Waals surface area (Å²) in [4.78, 5) is 153. The normalized spacial score (nSPS) is 17.2. The molecule has 0 aromatic heterocycles. The molecule has 26 heteroatoms. The van der Waals surface area contributed by atoms with E-state index in [4.69, 9.17) is 19.9 Å². The number of carbonyl (C=O) groups excluding carboxylic acids is 11. The van der Waals surface area contributed by atoms with Crippen LogP contribution < -0.4 is 42.5 Å². The second kappa shape index (κ2) is 36.9. The van der Waals surface area contributed by atoms with Crippen LogP contribution in [0.3, 0.4) is 0 Å². The molecular formula is C70H101N11O15. The van der Waals surface area contributed by atoms with Crippen molar-refractivity contribution in [2.45, 2.75) is 181 Å². The molecule has 1 saturated heterocycles. The van der Waals surface area contributed by atoms with E-state index in [0.29, 0.717) is 53.9 Å². The van der Waals surface area contributed by atoms with Gasteiger partial charge in [0.15, 0.2) is 0 Å². The largest absolute Gasteiger partial charge is 0.445 e. The Balaban J connectivity index is 1.19. The number of carbonyl (C=O) groups is 11. The monoisotopic (exact) mass is 1340 g/mol. The van der Waals surface area contributed by atoms with Crippen LogP contribution >= 0.6 is 0 Å². The summed E-state index contributed by atoms with van der Waals surface area (Å²) in [7, 11) is 6.07. The molecule has 0 spiro atoms. The number of nitrogens with one attached hydrogen (secondary N) is 6. The first-order valence-corrected chi connectivity index (χ1v) is 33.0. The van der Waals surface area contributed by atoms with Crippen LogP contribution in [0.2, 0.25) is 0 Å². The number of imide groups is 1. The number of urea groups is 1. The number of benzene rings is 3. The predicted molar refractivity (Wildman–Crippen MR) is 361 cm³/mol. The van der Waals surface area contributed by atoms with Crippen LogP contribution in [0.4, 0.5) is 21.0 Å². The number of primary amides is 1. The van der Waals surface area contributed by atoms with Crippen LogP contribution in [-0.4, -0.2) is 181 Å². The van der Waals surface area contributed by atoms with E-state index in [9.17, 15) is 57.8 Å². The maximum atomic E-state index is 14.8. The van der Waals surface area contributed by atoms with Crippen LogP contribution in [0.25, 0.3) is 0 Å². The van der Waals surface area contributed by atoms with E-state index in [1.165, 1.54) is 50.5 Å². The predicted octanol–water partition coefficient (Wildman–Crippen LogP) is 5.26. The molecule has 526 valence electrons. The molecule has 2 unspecified atom stereocenters. The number of aliphatic hydroxyl groups is 1. The summed E-state index contributed by atoms with van der Waals surface area (Å²) < 4.78 is 17.8. The molecule has 26 nitrogen and oxygen atoms in total. The Labute approximate surface area is 563 Å².